The van der Waals surface area contributed by atoms with Crippen LogP contribution in [0, 0.1) is 0 Å². The minimum absolute atomic E-state index is 0.145. The highest BCUT2D eigenvalue weighted by atomic mass is 16.5. The summed E-state index contributed by atoms with van der Waals surface area (Å²) in [5.74, 6) is 1.10. The summed E-state index contributed by atoms with van der Waals surface area (Å²) in [6, 6.07) is -0.471. The van der Waals surface area contributed by atoms with Gasteiger partial charge in [0.1, 0.15) is 18.1 Å². The molecule has 1 saturated heterocycles. The smallest absolute Gasteiger partial charge is 0.249 e. The van der Waals surface area contributed by atoms with Crippen LogP contribution < -0.4 is 16.0 Å². The van der Waals surface area contributed by atoms with E-state index in [1.165, 1.54) is 6.33 Å². The fraction of sp³-hybridized carbons (Fsp3) is 0.688. The van der Waals surface area contributed by atoms with Crippen LogP contribution in [0.5, 0.6) is 0 Å². The number of nitrogens with one attached hydrogen (secondary N) is 3. The molecule has 1 aromatic rings. The van der Waals surface area contributed by atoms with Gasteiger partial charge in [0.15, 0.2) is 11.6 Å². The number of methoxy groups -OCH3 is 1. The van der Waals surface area contributed by atoms with E-state index in [1.54, 1.807) is 7.11 Å². The number of anilines is 3. The first kappa shape index (κ1) is 17.8. The number of nitrogens with zero attached hydrogens (tertiary/aromatic N) is 3. The molecule has 1 fully saturated rings. The zero-order valence-corrected chi connectivity index (χ0v) is 14.7. The average Bonchev–Trinajstić information content (AvgIpc) is 2.65. The Morgan fingerprint density at radius 3 is 3.00 bits per heavy atom. The molecule has 0 radical (unpaired) electrons. The molecular formula is C16H26N6O3. The van der Waals surface area contributed by atoms with Crippen molar-refractivity contribution in [3.05, 3.63) is 6.33 Å². The van der Waals surface area contributed by atoms with Crippen molar-refractivity contribution >= 4 is 23.2 Å². The van der Waals surface area contributed by atoms with Crippen LogP contribution in [0.1, 0.15) is 13.3 Å². The van der Waals surface area contributed by atoms with Gasteiger partial charge in [-0.2, -0.15) is 0 Å². The van der Waals surface area contributed by atoms with Crippen molar-refractivity contribution in [1.82, 2.24) is 14.9 Å². The second-order valence-corrected chi connectivity index (χ2v) is 6.23. The number of aromatic nitrogens is 2. The molecule has 25 heavy (non-hydrogen) atoms. The Morgan fingerprint density at radius 2 is 2.24 bits per heavy atom. The first-order valence-corrected chi connectivity index (χ1v) is 8.68. The van der Waals surface area contributed by atoms with E-state index in [0.717, 1.165) is 45.8 Å². The number of hydrogen-bond acceptors (Lipinski definition) is 8. The summed E-state index contributed by atoms with van der Waals surface area (Å²) in [5.41, 5.74) is 0.596. The highest BCUT2D eigenvalue weighted by Gasteiger charge is 2.32. The number of hydrogen-bond donors (Lipinski definition) is 3. The Kier molecular flexibility index (Phi) is 6.00. The van der Waals surface area contributed by atoms with Crippen molar-refractivity contribution < 1.29 is 14.3 Å². The number of carbonyl (C=O) groups is 1. The molecular weight excluding hydrogens is 324 g/mol. The molecule has 3 N–H and O–H groups in total. The van der Waals surface area contributed by atoms with Gasteiger partial charge < -0.3 is 25.4 Å². The predicted molar refractivity (Wildman–Crippen MR) is 94.9 cm³/mol. The standard InChI is InChI=1S/C16H26N6O3/c1-11(24-2)12-16(23)21-13-14(18-10-19-15(13)20-12)17-4-3-5-22-6-8-25-9-7-22/h10-12H,3-9H2,1-2H3,(H,21,23)(H2,17,18,19,20)/t11-,12+/m1/s1. The lowest BCUT2D eigenvalue weighted by Gasteiger charge is -2.30. The molecule has 1 amide bonds. The lowest BCUT2D eigenvalue weighted by Crippen LogP contribution is -2.47. The molecule has 2 aliphatic heterocycles. The lowest BCUT2D eigenvalue weighted by molar-refractivity contribution is -0.119. The second kappa shape index (κ2) is 8.41. The molecule has 0 aromatic carbocycles. The van der Waals surface area contributed by atoms with Crippen molar-refractivity contribution in [2.75, 3.05) is 62.5 Å². The lowest BCUT2D eigenvalue weighted by atomic mass is 10.1. The van der Waals surface area contributed by atoms with E-state index in [0.29, 0.717) is 17.3 Å². The van der Waals surface area contributed by atoms with E-state index in [2.05, 4.69) is 30.8 Å². The van der Waals surface area contributed by atoms with E-state index < -0.39 is 6.04 Å². The van der Waals surface area contributed by atoms with Gasteiger partial charge >= 0.3 is 0 Å². The molecule has 1 aromatic heterocycles. The van der Waals surface area contributed by atoms with Crippen LogP contribution in [0.15, 0.2) is 6.33 Å². The Bertz CT molecular complexity index is 593. The third-order valence-corrected chi connectivity index (χ3v) is 4.56. The van der Waals surface area contributed by atoms with Crippen LogP contribution in [-0.2, 0) is 14.3 Å². The minimum Gasteiger partial charge on any atom is -0.379 e. The van der Waals surface area contributed by atoms with E-state index >= 15 is 0 Å². The highest BCUT2D eigenvalue weighted by Crippen LogP contribution is 2.31. The van der Waals surface area contributed by atoms with Crippen molar-refractivity contribution in [2.24, 2.45) is 0 Å². The van der Waals surface area contributed by atoms with Gasteiger partial charge in [-0.3, -0.25) is 9.69 Å². The van der Waals surface area contributed by atoms with Crippen LogP contribution in [-0.4, -0.2) is 79.4 Å². The zero-order valence-electron chi connectivity index (χ0n) is 14.7. The molecule has 0 bridgehead atoms. The van der Waals surface area contributed by atoms with Crippen molar-refractivity contribution in [3.8, 4) is 0 Å². The van der Waals surface area contributed by atoms with Crippen LogP contribution in [0.2, 0.25) is 0 Å². The SMILES string of the molecule is CO[C@H](C)[C@@H]1Nc2ncnc(NCCCN3CCOCC3)c2NC1=O. The number of ether oxygens (including phenoxy) is 2. The van der Waals surface area contributed by atoms with Gasteiger partial charge in [-0.1, -0.05) is 0 Å². The topological polar surface area (TPSA) is 101 Å². The van der Waals surface area contributed by atoms with Gasteiger partial charge in [-0.05, 0) is 19.9 Å². The van der Waals surface area contributed by atoms with Gasteiger partial charge in [-0.25, -0.2) is 9.97 Å². The molecule has 0 spiro atoms. The molecule has 3 rings (SSSR count). The highest BCUT2D eigenvalue weighted by molar-refractivity contribution is 6.05. The molecule has 0 saturated carbocycles. The minimum atomic E-state index is -0.471. The Hall–Kier alpha value is -1.97. The van der Waals surface area contributed by atoms with E-state index in [-0.39, 0.29) is 12.0 Å². The Morgan fingerprint density at radius 1 is 1.44 bits per heavy atom. The Labute approximate surface area is 147 Å². The van der Waals surface area contributed by atoms with Gasteiger partial charge in [0.05, 0.1) is 19.3 Å². The number of fused-ring (bicyclic) bond motifs is 1. The fourth-order valence-electron chi connectivity index (χ4n) is 2.96. The summed E-state index contributed by atoms with van der Waals surface area (Å²) >= 11 is 0. The summed E-state index contributed by atoms with van der Waals surface area (Å²) in [5, 5.41) is 9.31. The first-order valence-electron chi connectivity index (χ1n) is 8.68. The molecule has 2 atom stereocenters. The third kappa shape index (κ3) is 4.36. The van der Waals surface area contributed by atoms with Gasteiger partial charge in [-0.15, -0.1) is 0 Å². The summed E-state index contributed by atoms with van der Waals surface area (Å²) in [6.45, 7) is 7.23. The quantitative estimate of drug-likeness (QED) is 0.607. The van der Waals surface area contributed by atoms with E-state index in [1.807, 2.05) is 6.92 Å². The van der Waals surface area contributed by atoms with E-state index in [4.69, 9.17) is 9.47 Å². The maximum absolute atomic E-state index is 12.3. The number of morpholine rings is 1. The molecule has 138 valence electrons. The van der Waals surface area contributed by atoms with Crippen LogP contribution in [0.4, 0.5) is 17.3 Å². The molecule has 3 heterocycles. The van der Waals surface area contributed by atoms with Crippen LogP contribution in [0.3, 0.4) is 0 Å². The first-order chi connectivity index (χ1) is 12.2. The van der Waals surface area contributed by atoms with Crippen molar-refractivity contribution in [2.45, 2.75) is 25.5 Å². The van der Waals surface area contributed by atoms with Crippen molar-refractivity contribution in [1.29, 1.82) is 0 Å². The second-order valence-electron chi connectivity index (χ2n) is 6.23. The monoisotopic (exact) mass is 350 g/mol. The maximum atomic E-state index is 12.3. The average molecular weight is 350 g/mol. The van der Waals surface area contributed by atoms with E-state index in [9.17, 15) is 4.79 Å². The normalized spacial score (nSPS) is 21.8. The summed E-state index contributed by atoms with van der Waals surface area (Å²) in [4.78, 5) is 23.2. The number of carbonyl (C=O) groups excluding carboxylic acids is 1. The summed E-state index contributed by atoms with van der Waals surface area (Å²) < 4.78 is 10.6. The molecule has 9 nitrogen and oxygen atoms in total. The number of amides is 1. The molecule has 2 aliphatic rings. The number of rotatable bonds is 7. The molecule has 9 heteroatoms. The van der Waals surface area contributed by atoms with Gasteiger partial charge in [0.2, 0.25) is 5.91 Å². The molecule has 0 unspecified atom stereocenters. The summed E-state index contributed by atoms with van der Waals surface area (Å²) in [6.07, 6.45) is 2.22. The Balaban J connectivity index is 1.56. The zero-order chi connectivity index (χ0) is 17.6. The largest absolute Gasteiger partial charge is 0.379 e. The predicted octanol–water partition coefficient (Wildman–Crippen LogP) is 0.378. The third-order valence-electron chi connectivity index (χ3n) is 4.56. The van der Waals surface area contributed by atoms with Crippen LogP contribution in [0.25, 0.3) is 0 Å². The fourth-order valence-corrected chi connectivity index (χ4v) is 2.96. The summed E-state index contributed by atoms with van der Waals surface area (Å²) in [7, 11) is 1.58. The molecule has 0 aliphatic carbocycles. The maximum Gasteiger partial charge on any atom is 0.249 e. The van der Waals surface area contributed by atoms with Crippen LogP contribution >= 0.6 is 0 Å². The van der Waals surface area contributed by atoms with Gasteiger partial charge in [0, 0.05) is 26.7 Å². The van der Waals surface area contributed by atoms with Crippen molar-refractivity contribution in [3.63, 3.8) is 0 Å². The van der Waals surface area contributed by atoms with Gasteiger partial charge in [0.25, 0.3) is 0 Å².